The van der Waals surface area contributed by atoms with Gasteiger partial charge in [-0.15, -0.1) is 0 Å². The molecule has 144 valence electrons. The number of benzene rings is 2. The Balaban J connectivity index is 1.84. The van der Waals surface area contributed by atoms with Crippen LogP contribution in [0.1, 0.15) is 35.1 Å². The van der Waals surface area contributed by atoms with Crippen LogP contribution in [-0.4, -0.2) is 12.5 Å². The Morgan fingerprint density at radius 1 is 1.21 bits per heavy atom. The predicted molar refractivity (Wildman–Crippen MR) is 106 cm³/mol. The number of rotatable bonds is 4. The van der Waals surface area contributed by atoms with E-state index in [2.05, 4.69) is 0 Å². The van der Waals surface area contributed by atoms with Crippen molar-refractivity contribution in [2.75, 3.05) is 11.4 Å². The molecule has 0 bridgehead atoms. The summed E-state index contributed by atoms with van der Waals surface area (Å²) in [6.45, 7) is 4.40. The molecule has 1 aliphatic heterocycles. The summed E-state index contributed by atoms with van der Waals surface area (Å²) in [6, 6.07) is 9.54. The van der Waals surface area contributed by atoms with Gasteiger partial charge in [-0.25, -0.2) is 8.78 Å². The summed E-state index contributed by atoms with van der Waals surface area (Å²) < 4.78 is 27.2. The molecule has 1 atom stereocenters. The second-order valence-corrected chi connectivity index (χ2v) is 7.31. The van der Waals surface area contributed by atoms with Crippen molar-refractivity contribution in [3.63, 3.8) is 0 Å². The molecule has 1 fully saturated rings. The minimum atomic E-state index is -0.585. The lowest BCUT2D eigenvalue weighted by Crippen LogP contribution is -2.41. The number of amides is 1. The van der Waals surface area contributed by atoms with E-state index in [1.165, 1.54) is 18.2 Å². The van der Waals surface area contributed by atoms with Crippen LogP contribution in [0.2, 0.25) is 0 Å². The number of carbonyl (C=O) groups excluding carboxylic acids is 1. The Morgan fingerprint density at radius 2 is 1.93 bits per heavy atom. The molecule has 0 radical (unpaired) electrons. The van der Waals surface area contributed by atoms with E-state index in [0.29, 0.717) is 31.4 Å². The van der Waals surface area contributed by atoms with E-state index in [0.717, 1.165) is 28.4 Å². The van der Waals surface area contributed by atoms with Gasteiger partial charge in [0.25, 0.3) is 0 Å². The van der Waals surface area contributed by atoms with Crippen molar-refractivity contribution in [3.05, 3.63) is 70.3 Å². The Bertz CT molecular complexity index is 952. The molecule has 5 heteroatoms. The van der Waals surface area contributed by atoms with E-state index in [9.17, 15) is 13.6 Å². The van der Waals surface area contributed by atoms with Crippen LogP contribution < -0.4 is 4.90 Å². The van der Waals surface area contributed by atoms with Crippen molar-refractivity contribution in [2.45, 2.75) is 33.1 Å². The van der Waals surface area contributed by atoms with Crippen molar-refractivity contribution in [1.29, 1.82) is 5.26 Å². The molecule has 1 amide bonds. The van der Waals surface area contributed by atoms with Gasteiger partial charge in [0, 0.05) is 30.8 Å². The largest absolute Gasteiger partial charge is 0.312 e. The molecule has 0 aromatic heterocycles. The fraction of sp³-hybridized carbons (Fsp3) is 0.304. The third-order valence-corrected chi connectivity index (χ3v) is 5.17. The summed E-state index contributed by atoms with van der Waals surface area (Å²) in [6.07, 6.45) is 4.72. The number of nitriles is 1. The van der Waals surface area contributed by atoms with Gasteiger partial charge in [-0.2, -0.15) is 5.26 Å². The number of aryl methyl sites for hydroxylation is 2. The van der Waals surface area contributed by atoms with Gasteiger partial charge in [0.15, 0.2) is 0 Å². The van der Waals surface area contributed by atoms with E-state index in [1.54, 1.807) is 11.0 Å². The van der Waals surface area contributed by atoms with Crippen LogP contribution in [0.3, 0.4) is 0 Å². The maximum atomic E-state index is 14.0. The molecule has 0 spiro atoms. The van der Waals surface area contributed by atoms with E-state index in [1.807, 2.05) is 32.0 Å². The predicted octanol–water partition coefficient (Wildman–Crippen LogP) is 5.10. The Kier molecular flexibility index (Phi) is 5.89. The number of anilines is 1. The second kappa shape index (κ2) is 8.35. The molecule has 2 aromatic rings. The molecule has 3 nitrogen and oxygen atoms in total. The van der Waals surface area contributed by atoms with E-state index in [4.69, 9.17) is 5.26 Å². The average molecular weight is 380 g/mol. The fourth-order valence-corrected chi connectivity index (χ4v) is 3.94. The van der Waals surface area contributed by atoms with Gasteiger partial charge in [0.1, 0.15) is 11.6 Å². The van der Waals surface area contributed by atoms with Crippen molar-refractivity contribution in [1.82, 2.24) is 0 Å². The Labute approximate surface area is 163 Å². The normalized spacial score (nSPS) is 17.2. The third kappa shape index (κ3) is 4.28. The third-order valence-electron chi connectivity index (χ3n) is 5.17. The monoisotopic (exact) mass is 380 g/mol. The average Bonchev–Trinajstić information content (AvgIpc) is 2.64. The van der Waals surface area contributed by atoms with Crippen molar-refractivity contribution in [2.24, 2.45) is 5.92 Å². The van der Waals surface area contributed by atoms with Gasteiger partial charge in [-0.1, -0.05) is 6.07 Å². The summed E-state index contributed by atoms with van der Waals surface area (Å²) in [5, 5.41) is 8.71. The second-order valence-electron chi connectivity index (χ2n) is 7.31. The lowest BCUT2D eigenvalue weighted by Gasteiger charge is -2.35. The smallest absolute Gasteiger partial charge is 0.227 e. The van der Waals surface area contributed by atoms with Crippen LogP contribution in [0.15, 0.2) is 36.4 Å². The highest BCUT2D eigenvalue weighted by molar-refractivity contribution is 5.96. The summed E-state index contributed by atoms with van der Waals surface area (Å²) >= 11 is 0. The Hall–Kier alpha value is -3.00. The van der Waals surface area contributed by atoms with Gasteiger partial charge in [0.05, 0.1) is 6.07 Å². The van der Waals surface area contributed by atoms with Crippen molar-refractivity contribution >= 4 is 17.7 Å². The number of hydrogen-bond donors (Lipinski definition) is 0. The highest BCUT2D eigenvalue weighted by Crippen LogP contribution is 2.32. The van der Waals surface area contributed by atoms with Crippen molar-refractivity contribution < 1.29 is 13.6 Å². The van der Waals surface area contributed by atoms with Crippen LogP contribution in [-0.2, 0) is 11.2 Å². The SMILES string of the molecule is Cc1cc(C=CC#N)cc(C)c1N1CC(Cc2ccc(F)cc2F)CCC1=O. The molecule has 1 aliphatic rings. The van der Waals surface area contributed by atoms with Gasteiger partial charge in [-0.05, 0) is 79.1 Å². The first-order valence-electron chi connectivity index (χ1n) is 9.30. The number of halogens is 2. The molecule has 1 unspecified atom stereocenters. The highest BCUT2D eigenvalue weighted by atomic mass is 19.1. The fourth-order valence-electron chi connectivity index (χ4n) is 3.94. The number of allylic oxidation sites excluding steroid dienone is 1. The minimum absolute atomic E-state index is 0.0577. The van der Waals surface area contributed by atoms with E-state index in [-0.39, 0.29) is 11.8 Å². The van der Waals surface area contributed by atoms with Crippen LogP contribution >= 0.6 is 0 Å². The van der Waals surface area contributed by atoms with E-state index >= 15 is 0 Å². The van der Waals surface area contributed by atoms with Crippen LogP contribution in [0.25, 0.3) is 6.08 Å². The molecular formula is C23H22F2N2O. The molecule has 3 rings (SSSR count). The number of nitrogens with zero attached hydrogens (tertiary/aromatic N) is 2. The summed E-state index contributed by atoms with van der Waals surface area (Å²) in [5.74, 6) is -0.958. The molecule has 2 aromatic carbocycles. The summed E-state index contributed by atoms with van der Waals surface area (Å²) in [5.41, 5.74) is 4.18. The molecule has 1 saturated heterocycles. The first-order chi connectivity index (χ1) is 13.4. The van der Waals surface area contributed by atoms with Gasteiger partial charge >= 0.3 is 0 Å². The molecule has 28 heavy (non-hydrogen) atoms. The Morgan fingerprint density at radius 3 is 2.57 bits per heavy atom. The lowest BCUT2D eigenvalue weighted by atomic mass is 9.89. The molecule has 0 aliphatic carbocycles. The number of carbonyl (C=O) groups is 1. The van der Waals surface area contributed by atoms with Gasteiger partial charge in [0.2, 0.25) is 5.91 Å². The zero-order valence-corrected chi connectivity index (χ0v) is 16.0. The highest BCUT2D eigenvalue weighted by Gasteiger charge is 2.29. The first kappa shape index (κ1) is 19.8. The molecular weight excluding hydrogens is 358 g/mol. The van der Waals surface area contributed by atoms with Crippen LogP contribution in [0, 0.1) is 42.7 Å². The number of piperidine rings is 1. The minimum Gasteiger partial charge on any atom is -0.312 e. The summed E-state index contributed by atoms with van der Waals surface area (Å²) in [4.78, 5) is 14.4. The van der Waals surface area contributed by atoms with Crippen molar-refractivity contribution in [3.8, 4) is 6.07 Å². The lowest BCUT2D eigenvalue weighted by molar-refractivity contribution is -0.120. The zero-order valence-electron chi connectivity index (χ0n) is 16.0. The molecule has 0 saturated carbocycles. The topological polar surface area (TPSA) is 44.1 Å². The van der Waals surface area contributed by atoms with E-state index < -0.39 is 11.6 Å². The van der Waals surface area contributed by atoms with Crippen LogP contribution in [0.4, 0.5) is 14.5 Å². The van der Waals surface area contributed by atoms with Gasteiger partial charge in [-0.3, -0.25) is 4.79 Å². The number of hydrogen-bond acceptors (Lipinski definition) is 2. The standard InChI is InChI=1S/C23H22F2N2O/c1-15-10-17(4-3-9-26)11-16(2)23(15)27-14-18(5-8-22(27)28)12-19-6-7-20(24)13-21(19)25/h3-4,6-7,10-11,13,18H,5,8,12,14H2,1-2H3. The van der Waals surface area contributed by atoms with Crippen LogP contribution in [0.5, 0.6) is 0 Å². The molecule has 0 N–H and O–H groups in total. The summed E-state index contributed by atoms with van der Waals surface area (Å²) in [7, 11) is 0. The maximum absolute atomic E-state index is 14.0. The quantitative estimate of drug-likeness (QED) is 0.693. The zero-order chi connectivity index (χ0) is 20.3. The maximum Gasteiger partial charge on any atom is 0.227 e. The van der Waals surface area contributed by atoms with Gasteiger partial charge < -0.3 is 4.90 Å². The molecule has 1 heterocycles. The first-order valence-corrected chi connectivity index (χ1v) is 9.30.